The average molecular weight is 118 g/mol. The van der Waals surface area contributed by atoms with Crippen LogP contribution in [0, 0.1) is 0 Å². The van der Waals surface area contributed by atoms with Crippen molar-refractivity contribution in [1.29, 1.82) is 0 Å². The van der Waals surface area contributed by atoms with Gasteiger partial charge in [-0.2, -0.15) is 6.56 Å². The van der Waals surface area contributed by atoms with Crippen molar-refractivity contribution < 1.29 is 29.6 Å². The van der Waals surface area contributed by atoms with Gasteiger partial charge in [0.25, 0.3) is 0 Å². The molecule has 0 saturated carbocycles. The molecule has 0 aliphatic heterocycles. The van der Waals surface area contributed by atoms with Crippen molar-refractivity contribution in [3.8, 4) is 0 Å². The third kappa shape index (κ3) is 9.12. The van der Waals surface area contributed by atoms with E-state index < -0.39 is 0 Å². The van der Waals surface area contributed by atoms with E-state index in [9.17, 15) is 0 Å². The molecule has 0 nitrogen and oxygen atoms in total. The third-order valence-corrected chi connectivity index (χ3v) is 0. The van der Waals surface area contributed by atoms with Gasteiger partial charge in [0.1, 0.15) is 0 Å². The van der Waals surface area contributed by atoms with Crippen molar-refractivity contribution in [1.82, 2.24) is 0 Å². The Morgan fingerprint density at radius 2 is 1.75 bits per heavy atom. The van der Waals surface area contributed by atoms with Crippen LogP contribution in [-0.4, -0.2) is 0 Å². The van der Waals surface area contributed by atoms with Crippen LogP contribution in [0.1, 0.15) is 0 Å². The molecule has 0 radical (unpaired) electrons. The maximum absolute atomic E-state index is 4.18. The Kier molecular flexibility index (Phi) is 20.6. The molecule has 0 aromatic rings. The minimum Gasteiger partial charge on any atom is -0.716 e. The molecule has 4 heavy (non-hydrogen) atoms. The predicted molar refractivity (Wildman–Crippen MR) is 21.6 cm³/mol. The van der Waals surface area contributed by atoms with Gasteiger partial charge in [-0.15, -0.1) is 0 Å². The van der Waals surface area contributed by atoms with Crippen molar-refractivity contribution in [3.05, 3.63) is 0 Å². The second kappa shape index (κ2) is 8.85. The third-order valence-electron chi connectivity index (χ3n) is 0. The summed E-state index contributed by atoms with van der Waals surface area (Å²) in [5.74, 6) is 0. The SMILES string of the molecule is S=P[S-].[Na+]. The van der Waals surface area contributed by atoms with Crippen LogP contribution < -0.4 is 29.6 Å². The summed E-state index contributed by atoms with van der Waals surface area (Å²) >= 11 is 8.36. The Morgan fingerprint density at radius 1 is 1.75 bits per heavy atom. The normalized spacial score (nSPS) is 5.25. The number of rotatable bonds is 0. The van der Waals surface area contributed by atoms with Crippen LogP contribution in [-0.2, 0) is 24.1 Å². The molecule has 0 spiro atoms. The van der Waals surface area contributed by atoms with Crippen molar-refractivity contribution in [2.75, 3.05) is 0 Å². The molecule has 0 fully saturated rings. The van der Waals surface area contributed by atoms with Crippen molar-refractivity contribution >= 4 is 30.6 Å². The Balaban J connectivity index is 0. The Labute approximate surface area is 59.6 Å². The summed E-state index contributed by atoms with van der Waals surface area (Å²) in [5, 5.41) is 0. The Bertz CT molecular complexity index is 13.5. The van der Waals surface area contributed by atoms with E-state index in [1.54, 1.807) is 0 Å². The van der Waals surface area contributed by atoms with E-state index in [0.29, 0.717) is 6.56 Å². The quantitative estimate of drug-likeness (QED) is 0.202. The average Bonchev–Trinajstić information content (AvgIpc) is 0.918. The summed E-state index contributed by atoms with van der Waals surface area (Å²) in [6.45, 7) is 0.583. The second-order valence-corrected chi connectivity index (χ2v) is 2.01. The first-order chi connectivity index (χ1) is 1.41. The molecule has 0 bridgehead atoms. The van der Waals surface area contributed by atoms with E-state index in [0.717, 1.165) is 0 Å². The zero-order chi connectivity index (χ0) is 2.71. The van der Waals surface area contributed by atoms with E-state index >= 15 is 0 Å². The minimum absolute atomic E-state index is 0. The summed E-state index contributed by atoms with van der Waals surface area (Å²) in [6, 6.07) is 0. The van der Waals surface area contributed by atoms with Gasteiger partial charge in [0.15, 0.2) is 0 Å². The van der Waals surface area contributed by atoms with Crippen LogP contribution in [0.4, 0.5) is 0 Å². The van der Waals surface area contributed by atoms with Gasteiger partial charge in [0, 0.05) is 0 Å². The van der Waals surface area contributed by atoms with Gasteiger partial charge in [0.2, 0.25) is 0 Å². The topological polar surface area (TPSA) is 0 Å². The smallest absolute Gasteiger partial charge is 0.716 e. The molecule has 18 valence electrons. The van der Waals surface area contributed by atoms with E-state index in [2.05, 4.69) is 24.1 Å². The largest absolute Gasteiger partial charge is 1.00 e. The molecule has 0 rings (SSSR count). The number of hydrogen-bond acceptors (Lipinski definition) is 2. The van der Waals surface area contributed by atoms with Crippen LogP contribution >= 0.6 is 6.56 Å². The monoisotopic (exact) mass is 118 g/mol. The van der Waals surface area contributed by atoms with Crippen molar-refractivity contribution in [2.24, 2.45) is 0 Å². The van der Waals surface area contributed by atoms with Gasteiger partial charge in [-0.1, -0.05) is 11.8 Å². The Morgan fingerprint density at radius 3 is 1.75 bits per heavy atom. The summed E-state index contributed by atoms with van der Waals surface area (Å²) in [5.41, 5.74) is 0. The zero-order valence-corrected chi connectivity index (χ0v) is 6.79. The molecular weight excluding hydrogens is 118 g/mol. The molecule has 0 aromatic heterocycles. The first-order valence-corrected chi connectivity index (χ1v) is 3.29. The van der Waals surface area contributed by atoms with Crippen LogP contribution in [0.25, 0.3) is 0 Å². The molecule has 0 unspecified atom stereocenters. The van der Waals surface area contributed by atoms with Crippen LogP contribution in [0.5, 0.6) is 0 Å². The molecule has 4 heteroatoms. The molecule has 0 N–H and O–H groups in total. The molecule has 0 saturated heterocycles. The Hall–Kier alpha value is 1.87. The van der Waals surface area contributed by atoms with Crippen LogP contribution in [0.2, 0.25) is 0 Å². The van der Waals surface area contributed by atoms with Gasteiger partial charge in [-0.25, -0.2) is 0 Å². The predicted octanol–water partition coefficient (Wildman–Crippen LogP) is -2.14. The van der Waals surface area contributed by atoms with E-state index in [-0.39, 0.29) is 29.6 Å². The maximum Gasteiger partial charge on any atom is 1.00 e. The van der Waals surface area contributed by atoms with Crippen molar-refractivity contribution in [3.63, 3.8) is 0 Å². The summed E-state index contributed by atoms with van der Waals surface area (Å²) in [7, 11) is 0. The van der Waals surface area contributed by atoms with Crippen LogP contribution in [0.3, 0.4) is 0 Å². The van der Waals surface area contributed by atoms with Gasteiger partial charge < -0.3 is 12.2 Å². The van der Waals surface area contributed by atoms with Gasteiger partial charge in [-0.05, 0) is 0 Å². The fourth-order valence-corrected chi connectivity index (χ4v) is 0. The summed E-state index contributed by atoms with van der Waals surface area (Å²) < 4.78 is 0. The van der Waals surface area contributed by atoms with Gasteiger partial charge in [-0.3, -0.25) is 0 Å². The van der Waals surface area contributed by atoms with Crippen LogP contribution in [0.15, 0.2) is 0 Å². The van der Waals surface area contributed by atoms with E-state index in [1.165, 1.54) is 0 Å². The molecule has 0 aliphatic rings. The first kappa shape index (κ1) is 9.30. The fraction of sp³-hybridized carbons (Fsp3) is 0. The van der Waals surface area contributed by atoms with Gasteiger partial charge >= 0.3 is 29.6 Å². The summed E-state index contributed by atoms with van der Waals surface area (Å²) in [6.07, 6.45) is 0. The minimum atomic E-state index is 0. The molecule has 0 aliphatic carbocycles. The zero-order valence-electron chi connectivity index (χ0n) is 2.26. The van der Waals surface area contributed by atoms with Gasteiger partial charge in [0.05, 0.1) is 0 Å². The molecule has 0 atom stereocenters. The van der Waals surface area contributed by atoms with E-state index in [4.69, 9.17) is 0 Å². The molecule has 0 heterocycles. The molecule has 0 aromatic carbocycles. The number of hydrogen-bond donors (Lipinski definition) is 0. The maximum atomic E-state index is 4.18. The molecule has 0 amide bonds. The fourth-order valence-electron chi connectivity index (χ4n) is 0. The van der Waals surface area contributed by atoms with E-state index in [1.807, 2.05) is 0 Å². The summed E-state index contributed by atoms with van der Waals surface area (Å²) in [4.78, 5) is 0. The molecular formula is NaPS2. The second-order valence-electron chi connectivity index (χ2n) is 0.0745. The first-order valence-electron chi connectivity index (χ1n) is 0.365. The van der Waals surface area contributed by atoms with Crippen molar-refractivity contribution in [2.45, 2.75) is 0 Å². The standard InChI is InChI=1S/Na.HPS2/c;2-1-3/h;(H,2,3)/q+1;/p-1.